The minimum atomic E-state index is 0.625. The maximum absolute atomic E-state index is 8.60. The van der Waals surface area contributed by atoms with Gasteiger partial charge in [-0.25, -0.2) is 0 Å². The first-order valence-electron chi connectivity index (χ1n) is 3.57. The summed E-state index contributed by atoms with van der Waals surface area (Å²) in [5, 5.41) is 11.5. The maximum atomic E-state index is 8.60. The lowest BCUT2D eigenvalue weighted by Crippen LogP contribution is -1.93. The molecule has 1 aromatic carbocycles. The molecular formula is C9H10N2O. The summed E-state index contributed by atoms with van der Waals surface area (Å²) in [6.45, 7) is 0. The average Bonchev–Trinajstić information content (AvgIpc) is 2.16. The summed E-state index contributed by atoms with van der Waals surface area (Å²) >= 11 is 0. The summed E-state index contributed by atoms with van der Waals surface area (Å²) < 4.78 is 5.06. The molecule has 1 rings (SSSR count). The summed E-state index contributed by atoms with van der Waals surface area (Å²) in [6.07, 6.45) is 0. The van der Waals surface area contributed by atoms with Gasteiger partial charge in [0.15, 0.2) is 0 Å². The predicted molar refractivity (Wildman–Crippen MR) is 47.3 cm³/mol. The topological polar surface area (TPSA) is 45.0 Å². The van der Waals surface area contributed by atoms with Gasteiger partial charge in [0.25, 0.3) is 0 Å². The van der Waals surface area contributed by atoms with E-state index in [1.165, 1.54) is 0 Å². The quantitative estimate of drug-likeness (QED) is 0.718. The van der Waals surface area contributed by atoms with Crippen molar-refractivity contribution in [2.45, 2.75) is 0 Å². The summed E-state index contributed by atoms with van der Waals surface area (Å²) in [4.78, 5) is 0. The van der Waals surface area contributed by atoms with E-state index in [9.17, 15) is 0 Å². The van der Waals surface area contributed by atoms with Crippen LogP contribution in [0, 0.1) is 11.3 Å². The molecule has 0 saturated heterocycles. The molecule has 62 valence electrons. The molecule has 0 heterocycles. The maximum Gasteiger partial charge on any atom is 0.142 e. The number of hydrogen-bond acceptors (Lipinski definition) is 3. The molecule has 0 radical (unpaired) electrons. The van der Waals surface area contributed by atoms with Crippen LogP contribution < -0.4 is 10.1 Å². The van der Waals surface area contributed by atoms with Gasteiger partial charge in [-0.15, -0.1) is 0 Å². The first-order chi connectivity index (χ1) is 5.81. The van der Waals surface area contributed by atoms with Gasteiger partial charge in [0.1, 0.15) is 5.75 Å². The zero-order valence-corrected chi connectivity index (χ0v) is 7.09. The minimum Gasteiger partial charge on any atom is -0.495 e. The van der Waals surface area contributed by atoms with Crippen LogP contribution in [-0.2, 0) is 0 Å². The molecule has 3 heteroatoms. The third-order valence-electron chi connectivity index (χ3n) is 1.60. The average molecular weight is 162 g/mol. The smallest absolute Gasteiger partial charge is 0.142 e. The Kier molecular flexibility index (Phi) is 2.54. The van der Waals surface area contributed by atoms with Crippen LogP contribution in [0.25, 0.3) is 0 Å². The van der Waals surface area contributed by atoms with Gasteiger partial charge >= 0.3 is 0 Å². The molecule has 3 nitrogen and oxygen atoms in total. The number of anilines is 1. The zero-order chi connectivity index (χ0) is 8.97. The van der Waals surface area contributed by atoms with Crippen molar-refractivity contribution < 1.29 is 4.74 Å². The molecule has 0 aromatic heterocycles. The molecule has 0 aliphatic heterocycles. The lowest BCUT2D eigenvalue weighted by molar-refractivity contribution is 0.416. The summed E-state index contributed by atoms with van der Waals surface area (Å²) in [5.41, 5.74) is 1.46. The molecular weight excluding hydrogens is 152 g/mol. The number of nitrogens with one attached hydrogen (secondary N) is 1. The lowest BCUT2D eigenvalue weighted by atomic mass is 10.2. The largest absolute Gasteiger partial charge is 0.495 e. The molecule has 0 spiro atoms. The van der Waals surface area contributed by atoms with Gasteiger partial charge in [-0.05, 0) is 18.2 Å². The Hall–Kier alpha value is -1.69. The number of hydrogen-bond donors (Lipinski definition) is 1. The van der Waals surface area contributed by atoms with Crippen molar-refractivity contribution in [1.29, 1.82) is 5.26 Å². The van der Waals surface area contributed by atoms with Crippen LogP contribution >= 0.6 is 0 Å². The van der Waals surface area contributed by atoms with Gasteiger partial charge in [0.05, 0.1) is 24.4 Å². The van der Waals surface area contributed by atoms with E-state index >= 15 is 0 Å². The van der Waals surface area contributed by atoms with Crippen molar-refractivity contribution >= 4 is 5.69 Å². The fourth-order valence-corrected chi connectivity index (χ4v) is 0.973. The Morgan fingerprint density at radius 2 is 2.25 bits per heavy atom. The molecule has 0 unspecified atom stereocenters. The fraction of sp³-hybridized carbons (Fsp3) is 0.222. The van der Waals surface area contributed by atoms with Crippen molar-refractivity contribution in [3.63, 3.8) is 0 Å². The van der Waals surface area contributed by atoms with Crippen LogP contribution in [-0.4, -0.2) is 14.2 Å². The number of methoxy groups -OCH3 is 1. The second kappa shape index (κ2) is 3.63. The third kappa shape index (κ3) is 1.48. The van der Waals surface area contributed by atoms with E-state index < -0.39 is 0 Å². The normalized spacial score (nSPS) is 8.75. The molecule has 1 aromatic rings. The molecule has 0 atom stereocenters. The van der Waals surface area contributed by atoms with Crippen molar-refractivity contribution in [1.82, 2.24) is 0 Å². The first kappa shape index (κ1) is 8.41. The van der Waals surface area contributed by atoms with E-state index in [4.69, 9.17) is 10.00 Å². The van der Waals surface area contributed by atoms with Crippen LogP contribution in [0.4, 0.5) is 5.69 Å². The summed E-state index contributed by atoms with van der Waals surface area (Å²) in [6, 6.07) is 7.30. The second-order valence-corrected chi connectivity index (χ2v) is 2.28. The van der Waals surface area contributed by atoms with Crippen molar-refractivity contribution in [3.05, 3.63) is 23.8 Å². The first-order valence-corrected chi connectivity index (χ1v) is 3.57. The van der Waals surface area contributed by atoms with Gasteiger partial charge in [0.2, 0.25) is 0 Å². The van der Waals surface area contributed by atoms with Crippen LogP contribution in [0.3, 0.4) is 0 Å². The molecule has 0 aliphatic carbocycles. The Morgan fingerprint density at radius 3 is 2.75 bits per heavy atom. The van der Waals surface area contributed by atoms with Gasteiger partial charge in [-0.3, -0.25) is 0 Å². The van der Waals surface area contributed by atoms with E-state index in [2.05, 4.69) is 11.4 Å². The number of rotatable bonds is 2. The van der Waals surface area contributed by atoms with Gasteiger partial charge in [0, 0.05) is 7.05 Å². The minimum absolute atomic E-state index is 0.625. The molecule has 0 fully saturated rings. The Bertz CT molecular complexity index is 315. The highest BCUT2D eigenvalue weighted by atomic mass is 16.5. The standard InChI is InChI=1S/C9H10N2O/c1-11-8-5-7(6-10)3-4-9(8)12-2/h3-5,11H,1-2H3. The molecule has 12 heavy (non-hydrogen) atoms. The van der Waals surface area contributed by atoms with Gasteiger partial charge in [-0.1, -0.05) is 0 Å². The van der Waals surface area contributed by atoms with E-state index in [0.29, 0.717) is 5.56 Å². The second-order valence-electron chi connectivity index (χ2n) is 2.28. The summed E-state index contributed by atoms with van der Waals surface area (Å²) in [7, 11) is 3.39. The van der Waals surface area contributed by atoms with Crippen LogP contribution in [0.1, 0.15) is 5.56 Å². The number of nitrogens with zero attached hydrogens (tertiary/aromatic N) is 1. The highest BCUT2D eigenvalue weighted by molar-refractivity contribution is 5.59. The van der Waals surface area contributed by atoms with E-state index in [0.717, 1.165) is 11.4 Å². The highest BCUT2D eigenvalue weighted by Gasteiger charge is 2.00. The molecule has 0 bridgehead atoms. The van der Waals surface area contributed by atoms with Crippen molar-refractivity contribution in [2.24, 2.45) is 0 Å². The van der Waals surface area contributed by atoms with Crippen molar-refractivity contribution in [2.75, 3.05) is 19.5 Å². The Labute approximate surface area is 71.6 Å². The van der Waals surface area contributed by atoms with E-state index in [1.54, 1.807) is 32.4 Å². The number of ether oxygens (including phenoxy) is 1. The highest BCUT2D eigenvalue weighted by Crippen LogP contribution is 2.24. The molecule has 1 N–H and O–H groups in total. The van der Waals surface area contributed by atoms with Gasteiger partial charge in [-0.2, -0.15) is 5.26 Å². The number of nitriles is 1. The van der Waals surface area contributed by atoms with E-state index in [1.807, 2.05) is 0 Å². The summed E-state index contributed by atoms with van der Waals surface area (Å²) in [5.74, 6) is 0.747. The monoisotopic (exact) mass is 162 g/mol. The van der Waals surface area contributed by atoms with Crippen LogP contribution in [0.5, 0.6) is 5.75 Å². The molecule has 0 saturated carbocycles. The fourth-order valence-electron chi connectivity index (χ4n) is 0.973. The Balaban J connectivity index is 3.13. The lowest BCUT2D eigenvalue weighted by Gasteiger charge is -2.06. The van der Waals surface area contributed by atoms with E-state index in [-0.39, 0.29) is 0 Å². The predicted octanol–water partition coefficient (Wildman–Crippen LogP) is 1.61. The number of benzene rings is 1. The zero-order valence-electron chi connectivity index (χ0n) is 7.09. The van der Waals surface area contributed by atoms with Gasteiger partial charge < -0.3 is 10.1 Å². The van der Waals surface area contributed by atoms with Crippen LogP contribution in [0.15, 0.2) is 18.2 Å². The molecule has 0 amide bonds. The van der Waals surface area contributed by atoms with Crippen LogP contribution in [0.2, 0.25) is 0 Å². The third-order valence-corrected chi connectivity index (χ3v) is 1.60. The van der Waals surface area contributed by atoms with Crippen molar-refractivity contribution in [3.8, 4) is 11.8 Å². The SMILES string of the molecule is CNc1cc(C#N)ccc1OC. The Morgan fingerprint density at radius 1 is 1.50 bits per heavy atom. The molecule has 0 aliphatic rings.